The van der Waals surface area contributed by atoms with Gasteiger partial charge in [-0.2, -0.15) is 0 Å². The Morgan fingerprint density at radius 2 is 2.33 bits per heavy atom. The van der Waals surface area contributed by atoms with E-state index in [4.69, 9.17) is 11.6 Å². The van der Waals surface area contributed by atoms with E-state index in [0.29, 0.717) is 5.02 Å². The van der Waals surface area contributed by atoms with Gasteiger partial charge in [0.05, 0.1) is 28.5 Å². The van der Waals surface area contributed by atoms with Crippen LogP contribution in [0.15, 0.2) is 22.9 Å². The Balaban J connectivity index is 1.64. The number of nitrogens with zero attached hydrogens (tertiary/aromatic N) is 2. The molecule has 0 saturated carbocycles. The standard InChI is InChI=1S/C15H19BrClN3O/c16-10-7-14-13(8-11(10)17)19-9-20(14)6-2-3-12-15(21)4-1-5-18-12/h7-9,12,15,18,21H,1-6H2/t12-,15+/m1/s1. The predicted octanol–water partition coefficient (Wildman–Crippen LogP) is 3.35. The van der Waals surface area contributed by atoms with Crippen molar-refractivity contribution in [2.75, 3.05) is 6.54 Å². The van der Waals surface area contributed by atoms with E-state index in [1.54, 1.807) is 0 Å². The zero-order chi connectivity index (χ0) is 14.8. The molecule has 0 spiro atoms. The minimum atomic E-state index is -0.203. The number of nitrogens with one attached hydrogen (secondary N) is 1. The predicted molar refractivity (Wildman–Crippen MR) is 88.7 cm³/mol. The number of rotatable bonds is 4. The first kappa shape index (κ1) is 15.3. The molecular weight excluding hydrogens is 354 g/mol. The number of imidazole rings is 1. The van der Waals surface area contributed by atoms with Gasteiger partial charge in [-0.1, -0.05) is 11.6 Å². The van der Waals surface area contributed by atoms with Crippen molar-refractivity contribution in [3.8, 4) is 0 Å². The molecule has 114 valence electrons. The van der Waals surface area contributed by atoms with E-state index in [9.17, 15) is 5.11 Å². The lowest BCUT2D eigenvalue weighted by atomic mass is 9.97. The maximum Gasteiger partial charge on any atom is 0.0958 e. The maximum atomic E-state index is 9.96. The van der Waals surface area contributed by atoms with Gasteiger partial charge in [-0.15, -0.1) is 0 Å². The third-order valence-electron chi connectivity index (χ3n) is 4.12. The molecule has 0 radical (unpaired) electrons. The van der Waals surface area contributed by atoms with Gasteiger partial charge in [0.1, 0.15) is 0 Å². The molecule has 4 nitrogen and oxygen atoms in total. The largest absolute Gasteiger partial charge is 0.392 e. The maximum absolute atomic E-state index is 9.96. The van der Waals surface area contributed by atoms with Crippen LogP contribution in [0.5, 0.6) is 0 Å². The molecule has 1 aromatic heterocycles. The highest BCUT2D eigenvalue weighted by atomic mass is 79.9. The van der Waals surface area contributed by atoms with Crippen molar-refractivity contribution in [3.05, 3.63) is 28.0 Å². The zero-order valence-corrected chi connectivity index (χ0v) is 14.1. The lowest BCUT2D eigenvalue weighted by Gasteiger charge is -2.29. The molecule has 21 heavy (non-hydrogen) atoms. The van der Waals surface area contributed by atoms with Crippen molar-refractivity contribution in [1.82, 2.24) is 14.9 Å². The highest BCUT2D eigenvalue weighted by Crippen LogP contribution is 2.27. The van der Waals surface area contributed by atoms with Gasteiger partial charge in [-0.25, -0.2) is 4.98 Å². The van der Waals surface area contributed by atoms with Crippen LogP contribution in [0.1, 0.15) is 25.7 Å². The van der Waals surface area contributed by atoms with Crippen LogP contribution in [0, 0.1) is 0 Å². The van der Waals surface area contributed by atoms with Crippen LogP contribution in [0.4, 0.5) is 0 Å². The average Bonchev–Trinajstić information content (AvgIpc) is 2.84. The van der Waals surface area contributed by atoms with Gasteiger partial charge in [0, 0.05) is 17.1 Å². The number of aryl methyl sites for hydroxylation is 1. The molecule has 1 saturated heterocycles. The molecule has 1 fully saturated rings. The molecule has 0 unspecified atom stereocenters. The van der Waals surface area contributed by atoms with Crippen LogP contribution in [-0.2, 0) is 6.54 Å². The molecule has 2 atom stereocenters. The highest BCUT2D eigenvalue weighted by molar-refractivity contribution is 9.10. The molecule has 1 aromatic carbocycles. The van der Waals surface area contributed by atoms with Gasteiger partial charge in [-0.3, -0.25) is 0 Å². The van der Waals surface area contributed by atoms with Crippen molar-refractivity contribution in [2.24, 2.45) is 0 Å². The summed E-state index contributed by atoms with van der Waals surface area (Å²) in [7, 11) is 0. The Morgan fingerprint density at radius 3 is 3.14 bits per heavy atom. The van der Waals surface area contributed by atoms with Gasteiger partial charge in [0.2, 0.25) is 0 Å². The molecule has 0 amide bonds. The first-order valence-corrected chi connectivity index (χ1v) is 8.53. The summed E-state index contributed by atoms with van der Waals surface area (Å²) in [6, 6.07) is 4.12. The van der Waals surface area contributed by atoms with E-state index in [1.165, 1.54) is 0 Å². The van der Waals surface area contributed by atoms with E-state index >= 15 is 0 Å². The second-order valence-corrected chi connectivity index (χ2v) is 6.87. The Hall–Kier alpha value is -0.620. The van der Waals surface area contributed by atoms with E-state index in [2.05, 4.69) is 30.8 Å². The molecule has 0 bridgehead atoms. The highest BCUT2D eigenvalue weighted by Gasteiger charge is 2.21. The Kier molecular flexibility index (Phi) is 4.84. The first-order valence-electron chi connectivity index (χ1n) is 7.36. The number of aliphatic hydroxyl groups is 1. The Labute approximate surface area is 137 Å². The van der Waals surface area contributed by atoms with E-state index < -0.39 is 0 Å². The number of aliphatic hydroxyl groups excluding tert-OH is 1. The Bertz CT molecular complexity index is 631. The summed E-state index contributed by atoms with van der Waals surface area (Å²) in [4.78, 5) is 4.39. The summed E-state index contributed by atoms with van der Waals surface area (Å²) in [5, 5.41) is 14.0. The van der Waals surface area contributed by atoms with Gasteiger partial charge >= 0.3 is 0 Å². The monoisotopic (exact) mass is 371 g/mol. The summed E-state index contributed by atoms with van der Waals surface area (Å²) in [5.74, 6) is 0. The van der Waals surface area contributed by atoms with Gasteiger partial charge < -0.3 is 15.0 Å². The van der Waals surface area contributed by atoms with Gasteiger partial charge in [0.25, 0.3) is 0 Å². The third-order valence-corrected chi connectivity index (χ3v) is 5.32. The number of benzene rings is 1. The molecule has 2 N–H and O–H groups in total. The number of fused-ring (bicyclic) bond motifs is 1. The minimum Gasteiger partial charge on any atom is -0.392 e. The van der Waals surface area contributed by atoms with E-state index in [1.807, 2.05) is 18.5 Å². The van der Waals surface area contributed by atoms with Crippen molar-refractivity contribution in [1.29, 1.82) is 0 Å². The second kappa shape index (κ2) is 6.65. The number of hydrogen-bond donors (Lipinski definition) is 2. The molecule has 1 aliphatic rings. The number of halogens is 2. The van der Waals surface area contributed by atoms with Crippen LogP contribution in [0.3, 0.4) is 0 Å². The van der Waals surface area contributed by atoms with Crippen molar-refractivity contribution in [2.45, 2.75) is 44.4 Å². The number of aromatic nitrogens is 2. The van der Waals surface area contributed by atoms with Gasteiger partial charge in [0.15, 0.2) is 0 Å². The summed E-state index contributed by atoms with van der Waals surface area (Å²) < 4.78 is 3.04. The summed E-state index contributed by atoms with van der Waals surface area (Å²) in [6.07, 6.45) is 5.63. The summed E-state index contributed by atoms with van der Waals surface area (Å²) in [5.41, 5.74) is 2.00. The lowest BCUT2D eigenvalue weighted by molar-refractivity contribution is 0.0909. The zero-order valence-electron chi connectivity index (χ0n) is 11.7. The Morgan fingerprint density at radius 1 is 1.48 bits per heavy atom. The fourth-order valence-electron chi connectivity index (χ4n) is 2.94. The topological polar surface area (TPSA) is 50.1 Å². The fraction of sp³-hybridized carbons (Fsp3) is 0.533. The molecule has 0 aliphatic carbocycles. The van der Waals surface area contributed by atoms with Crippen molar-refractivity contribution >= 4 is 38.6 Å². The normalized spacial score (nSPS) is 22.8. The van der Waals surface area contributed by atoms with Gasteiger partial charge in [-0.05, 0) is 60.3 Å². The molecule has 1 aliphatic heterocycles. The summed E-state index contributed by atoms with van der Waals surface area (Å²) >= 11 is 9.54. The molecule has 2 aromatic rings. The molecule has 6 heteroatoms. The lowest BCUT2D eigenvalue weighted by Crippen LogP contribution is -2.44. The van der Waals surface area contributed by atoms with E-state index in [-0.39, 0.29) is 12.1 Å². The quantitative estimate of drug-likeness (QED) is 0.865. The van der Waals surface area contributed by atoms with Crippen LogP contribution >= 0.6 is 27.5 Å². The third kappa shape index (κ3) is 3.42. The fourth-order valence-corrected chi connectivity index (χ4v) is 3.43. The second-order valence-electron chi connectivity index (χ2n) is 5.61. The van der Waals surface area contributed by atoms with Crippen LogP contribution in [0.2, 0.25) is 5.02 Å². The smallest absolute Gasteiger partial charge is 0.0958 e. The SMILES string of the molecule is O[C@H]1CCCN[C@@H]1CCCn1cnc2cc(Cl)c(Br)cc21. The van der Waals surface area contributed by atoms with Crippen molar-refractivity contribution < 1.29 is 5.11 Å². The molecule has 2 heterocycles. The van der Waals surface area contributed by atoms with E-state index in [0.717, 1.165) is 54.3 Å². The number of piperidine rings is 1. The minimum absolute atomic E-state index is 0.203. The average molecular weight is 373 g/mol. The molecule has 3 rings (SSSR count). The number of hydrogen-bond acceptors (Lipinski definition) is 3. The first-order chi connectivity index (χ1) is 10.1. The van der Waals surface area contributed by atoms with Crippen LogP contribution in [-0.4, -0.2) is 33.3 Å². The molecular formula is C15H19BrClN3O. The van der Waals surface area contributed by atoms with Crippen LogP contribution in [0.25, 0.3) is 11.0 Å². The van der Waals surface area contributed by atoms with Crippen molar-refractivity contribution in [3.63, 3.8) is 0 Å². The summed E-state index contributed by atoms with van der Waals surface area (Å²) in [6.45, 7) is 1.91. The van der Waals surface area contributed by atoms with Crippen LogP contribution < -0.4 is 5.32 Å².